The molecule has 0 atom stereocenters. The first kappa shape index (κ1) is 28.9. The van der Waals surface area contributed by atoms with E-state index in [1.165, 1.54) is 33.4 Å². The molecule has 6 nitrogen and oxygen atoms in total. The standard InChI is InChI=1S/C57H49N5O.Pt/c1-56(2,3)36-39-30-31-58-53(32-39)62-49-25-14-13-22-47(49)48-29-28-43(34-52(48)62)63-44-33-42(37-57(4,5)6)59-54(35-44)60-38-61(51-27-16-15-26-50(51)60)55-45(40-18-9-7-10-19-40)23-17-24-46(55)41-20-11-8-12-21-41;/h7-33H,36-37H2,1-6H3;/q-2;/i7D,8D,9D,10D,11D,12D,18D,19D,20D,21D,36D2,37D2;. The Kier molecular flexibility index (Phi) is 7.76. The van der Waals surface area contributed by atoms with Crippen LogP contribution in [0.5, 0.6) is 11.5 Å². The molecule has 0 radical (unpaired) electrons. The predicted molar refractivity (Wildman–Crippen MR) is 255 cm³/mol. The smallest absolute Gasteiger partial charge is 0.269 e. The Balaban J connectivity index is 0.00000740. The number of pyridine rings is 2. The maximum absolute atomic E-state index is 9.48. The molecule has 320 valence electrons. The van der Waals surface area contributed by atoms with Crippen LogP contribution in [-0.4, -0.2) is 19.1 Å². The van der Waals surface area contributed by atoms with Gasteiger partial charge in [-0.3, -0.25) is 14.1 Å². The summed E-state index contributed by atoms with van der Waals surface area (Å²) in [5, 5.41) is 1.70. The van der Waals surface area contributed by atoms with Crippen molar-refractivity contribution < 1.29 is 49.6 Å². The van der Waals surface area contributed by atoms with E-state index in [0.29, 0.717) is 27.9 Å². The number of nitrogens with zero attached hydrogens (tertiary/aromatic N) is 5. The minimum atomic E-state index is -2.11. The van der Waals surface area contributed by atoms with Crippen LogP contribution in [0, 0.1) is 29.3 Å². The van der Waals surface area contributed by atoms with Gasteiger partial charge in [-0.25, -0.2) is 4.98 Å². The van der Waals surface area contributed by atoms with Gasteiger partial charge in [-0.05, 0) is 86.4 Å². The topological polar surface area (TPSA) is 48.8 Å². The number of benzene rings is 6. The van der Waals surface area contributed by atoms with Gasteiger partial charge in [0.2, 0.25) is 0 Å². The van der Waals surface area contributed by atoms with E-state index < -0.39 is 84.0 Å². The van der Waals surface area contributed by atoms with Crippen molar-refractivity contribution in [2.75, 3.05) is 0 Å². The summed E-state index contributed by atoms with van der Waals surface area (Å²) in [4.78, 5) is 9.61. The van der Waals surface area contributed by atoms with Gasteiger partial charge in [0.1, 0.15) is 5.82 Å². The summed E-state index contributed by atoms with van der Waals surface area (Å²) in [6, 6.07) is 28.5. The molecule has 64 heavy (non-hydrogen) atoms. The number of fused-ring (bicyclic) bond motifs is 4. The Labute approximate surface area is 409 Å². The van der Waals surface area contributed by atoms with Crippen molar-refractivity contribution in [3.63, 3.8) is 0 Å². The number of ether oxygens (including phenoxy) is 1. The molecule has 0 bridgehead atoms. The second kappa shape index (κ2) is 17.2. The van der Waals surface area contributed by atoms with Crippen LogP contribution < -0.4 is 9.30 Å². The molecule has 10 rings (SSSR count). The van der Waals surface area contributed by atoms with Crippen LogP contribution >= 0.6 is 0 Å². The fourth-order valence-electron chi connectivity index (χ4n) is 7.73. The molecule has 10 aromatic rings. The first-order valence-electron chi connectivity index (χ1n) is 27.4. The summed E-state index contributed by atoms with van der Waals surface area (Å²) < 4.78 is 136. The molecular weight excluding hydrogens is 966 g/mol. The van der Waals surface area contributed by atoms with Crippen LogP contribution in [0.1, 0.15) is 72.0 Å². The Morgan fingerprint density at radius 1 is 0.672 bits per heavy atom. The maximum atomic E-state index is 9.48. The quantitative estimate of drug-likeness (QED) is 0.107. The number of imidazole rings is 1. The van der Waals surface area contributed by atoms with Gasteiger partial charge in [-0.1, -0.05) is 168 Å². The number of aromatic nitrogens is 5. The molecule has 0 spiro atoms. The van der Waals surface area contributed by atoms with Crippen LogP contribution in [0.25, 0.3) is 72.4 Å². The predicted octanol–water partition coefficient (Wildman–Crippen LogP) is 13.5. The zero-order valence-corrected chi connectivity index (χ0v) is 38.0. The van der Waals surface area contributed by atoms with E-state index in [1.54, 1.807) is 69.4 Å². The molecule has 4 aromatic heterocycles. The third-order valence-corrected chi connectivity index (χ3v) is 10.1. The molecule has 0 aliphatic carbocycles. The molecule has 6 aromatic carbocycles. The number of hydrogen-bond donors (Lipinski definition) is 0. The van der Waals surface area contributed by atoms with Gasteiger partial charge < -0.3 is 9.30 Å². The van der Waals surface area contributed by atoms with Gasteiger partial charge in [0.25, 0.3) is 6.33 Å². The van der Waals surface area contributed by atoms with Crippen molar-refractivity contribution in [2.24, 2.45) is 10.8 Å². The largest absolute Gasteiger partial charge is 0.522 e. The molecule has 7 heteroatoms. The summed E-state index contributed by atoms with van der Waals surface area (Å²) >= 11 is 0. The van der Waals surface area contributed by atoms with E-state index in [0.717, 1.165) is 16.3 Å². The zero-order chi connectivity index (χ0) is 55.6. The SMILES string of the molecule is [2H]c1c([2H])c([2H])c(-c2cccc(-c3c([2H])c([2H])c([2H])c([2H])c3[2H])c2-[n+]2[c-]n(-c3[c-]c(Oc4[c-]c5c(cc4)c4ccccc4n5-c4cc(C([2H])([2H])C(C)(C)C)ccn4)cc(C([2H])([2H])C(C)(C)C)n3)c3ccccc32)c([2H])c1[2H].[Pt]. The molecule has 0 N–H and O–H groups in total. The van der Waals surface area contributed by atoms with Crippen molar-refractivity contribution in [2.45, 2.75) is 54.3 Å². The van der Waals surface area contributed by atoms with E-state index >= 15 is 0 Å². The second-order valence-electron chi connectivity index (χ2n) is 17.1. The molecule has 4 heterocycles. The Bertz CT molecular complexity index is 3940. The second-order valence-corrected chi connectivity index (χ2v) is 17.1. The Hall–Kier alpha value is -6.62. The van der Waals surface area contributed by atoms with Gasteiger partial charge in [0, 0.05) is 44.0 Å². The minimum Gasteiger partial charge on any atom is -0.522 e. The number of rotatable bonds is 9. The number of hydrogen-bond acceptors (Lipinski definition) is 3. The van der Waals surface area contributed by atoms with E-state index in [9.17, 15) is 2.74 Å². The zero-order valence-electron chi connectivity index (χ0n) is 49.8. The van der Waals surface area contributed by atoms with Crippen LogP contribution in [0.15, 0.2) is 164 Å². The molecule has 0 fully saturated rings. The summed E-state index contributed by atoms with van der Waals surface area (Å²) in [6.45, 7) is 10.8. The van der Waals surface area contributed by atoms with Gasteiger partial charge in [-0.2, -0.15) is 12.1 Å². The van der Waals surface area contributed by atoms with E-state index in [2.05, 4.69) is 18.5 Å². The van der Waals surface area contributed by atoms with Crippen molar-refractivity contribution in [3.8, 4) is 51.1 Å². The summed E-state index contributed by atoms with van der Waals surface area (Å²) in [7, 11) is 0. The van der Waals surface area contributed by atoms with Gasteiger partial charge >= 0.3 is 0 Å². The summed E-state index contributed by atoms with van der Waals surface area (Å²) in [5.41, 5.74) is 0.512. The molecule has 0 unspecified atom stereocenters. The first-order valence-corrected chi connectivity index (χ1v) is 20.4. The van der Waals surface area contributed by atoms with E-state index in [1.807, 2.05) is 55.7 Å². The van der Waals surface area contributed by atoms with Crippen molar-refractivity contribution in [1.82, 2.24) is 19.1 Å². The molecule has 0 saturated carbocycles. The van der Waals surface area contributed by atoms with Gasteiger partial charge in [-0.15, -0.1) is 23.6 Å². The van der Waals surface area contributed by atoms with Crippen LogP contribution in [0.4, 0.5) is 0 Å². The van der Waals surface area contributed by atoms with E-state index in [4.69, 9.17) is 31.2 Å². The average molecular weight is 1030 g/mol. The third-order valence-electron chi connectivity index (χ3n) is 10.1. The molecule has 0 aliphatic heterocycles. The minimum absolute atomic E-state index is 0. The average Bonchev–Trinajstić information content (AvgIpc) is 4.08. The fourth-order valence-corrected chi connectivity index (χ4v) is 7.73. The maximum Gasteiger partial charge on any atom is 0.269 e. The number of para-hydroxylation sites is 4. The molecule has 0 aliphatic rings. The van der Waals surface area contributed by atoms with Crippen LogP contribution in [0.3, 0.4) is 0 Å². The van der Waals surface area contributed by atoms with Crippen LogP contribution in [-0.2, 0) is 33.8 Å². The third kappa shape index (κ3) is 8.55. The Morgan fingerprint density at radius 3 is 2.02 bits per heavy atom. The van der Waals surface area contributed by atoms with Gasteiger partial charge in [0.05, 0.1) is 36.2 Å². The molecule has 0 amide bonds. The normalized spacial score (nSPS) is 15.5. The van der Waals surface area contributed by atoms with Gasteiger partial charge in [0.15, 0.2) is 0 Å². The summed E-state index contributed by atoms with van der Waals surface area (Å²) in [6.07, 6.45) is 1.08. The van der Waals surface area contributed by atoms with E-state index in [-0.39, 0.29) is 72.0 Å². The Morgan fingerprint density at radius 2 is 1.33 bits per heavy atom. The summed E-state index contributed by atoms with van der Waals surface area (Å²) in [5.74, 6) is 0.701. The molecule has 0 saturated heterocycles. The first-order chi connectivity index (χ1) is 36.1. The molecular formula is C57H49N5OPt-2. The van der Waals surface area contributed by atoms with Crippen molar-refractivity contribution in [3.05, 3.63) is 193 Å². The van der Waals surface area contributed by atoms with Crippen LogP contribution in [0.2, 0.25) is 0 Å². The van der Waals surface area contributed by atoms with Crippen molar-refractivity contribution >= 4 is 32.8 Å². The fraction of sp³-hybridized carbons (Fsp3) is 0.175. The van der Waals surface area contributed by atoms with Crippen molar-refractivity contribution in [1.29, 1.82) is 0 Å². The monoisotopic (exact) mass is 1030 g/mol.